The lowest BCUT2D eigenvalue weighted by molar-refractivity contribution is 0.0952. The lowest BCUT2D eigenvalue weighted by Crippen LogP contribution is -2.27. The molecule has 0 saturated carbocycles. The van der Waals surface area contributed by atoms with Crippen LogP contribution in [0.2, 0.25) is 0 Å². The zero-order valence-electron chi connectivity index (χ0n) is 11.4. The molecule has 2 aromatic rings. The number of rotatable bonds is 5. The first-order valence-corrected chi connectivity index (χ1v) is 6.25. The Morgan fingerprint density at radius 2 is 2.05 bits per heavy atom. The molecule has 0 spiro atoms. The Hall–Kier alpha value is -1.85. The fourth-order valence-electron chi connectivity index (χ4n) is 1.77. The Bertz CT molecular complexity index is 551. The molecule has 1 heterocycles. The Morgan fingerprint density at radius 3 is 2.60 bits per heavy atom. The summed E-state index contributed by atoms with van der Waals surface area (Å²) < 4.78 is 1.81. The number of hydrogen-bond donors (Lipinski definition) is 2. The third-order valence-corrected chi connectivity index (χ3v) is 2.84. The summed E-state index contributed by atoms with van der Waals surface area (Å²) in [5.41, 5.74) is 8.29. The summed E-state index contributed by atoms with van der Waals surface area (Å²) in [5, 5.41) is 7.02. The van der Waals surface area contributed by atoms with Gasteiger partial charge < -0.3 is 11.1 Å². The highest BCUT2D eigenvalue weighted by Crippen LogP contribution is 2.03. The molecule has 0 bridgehead atoms. The second-order valence-corrected chi connectivity index (χ2v) is 4.44. The first-order chi connectivity index (χ1) is 9.19. The van der Waals surface area contributed by atoms with Gasteiger partial charge in [0.25, 0.3) is 5.91 Å². The summed E-state index contributed by atoms with van der Waals surface area (Å²) in [7, 11) is 0. The van der Waals surface area contributed by atoms with Crippen LogP contribution in [0.5, 0.6) is 0 Å². The smallest absolute Gasteiger partial charge is 0.251 e. The van der Waals surface area contributed by atoms with Gasteiger partial charge in [-0.1, -0.05) is 12.1 Å². The van der Waals surface area contributed by atoms with Crippen molar-refractivity contribution in [2.45, 2.75) is 20.0 Å². The molecule has 2 rings (SSSR count). The molecule has 5 nitrogen and oxygen atoms in total. The van der Waals surface area contributed by atoms with Crippen LogP contribution in [0.1, 0.15) is 21.5 Å². The van der Waals surface area contributed by atoms with E-state index in [1.165, 1.54) is 0 Å². The van der Waals surface area contributed by atoms with Crippen LogP contribution in [-0.4, -0.2) is 22.2 Å². The number of halogens is 1. The minimum Gasteiger partial charge on any atom is -0.350 e. The summed E-state index contributed by atoms with van der Waals surface area (Å²) in [6.07, 6.45) is 3.75. The molecule has 0 saturated heterocycles. The molecule has 108 valence electrons. The van der Waals surface area contributed by atoms with Gasteiger partial charge in [0.05, 0.1) is 12.7 Å². The van der Waals surface area contributed by atoms with E-state index in [2.05, 4.69) is 10.4 Å². The van der Waals surface area contributed by atoms with E-state index in [4.69, 9.17) is 5.73 Å². The third-order valence-electron chi connectivity index (χ3n) is 2.84. The molecule has 0 radical (unpaired) electrons. The van der Waals surface area contributed by atoms with Gasteiger partial charge in [-0.05, 0) is 30.2 Å². The molecular formula is C14H19ClN4O. The van der Waals surface area contributed by atoms with Crippen molar-refractivity contribution in [3.8, 4) is 0 Å². The van der Waals surface area contributed by atoms with Crippen LogP contribution in [0.15, 0.2) is 36.7 Å². The molecule has 1 aromatic heterocycles. The lowest BCUT2D eigenvalue weighted by Gasteiger charge is -2.06. The topological polar surface area (TPSA) is 72.9 Å². The maximum atomic E-state index is 11.9. The first-order valence-electron chi connectivity index (χ1n) is 6.25. The van der Waals surface area contributed by atoms with Crippen LogP contribution >= 0.6 is 12.4 Å². The minimum absolute atomic E-state index is 0. The number of aryl methyl sites for hydroxylation is 1. The number of nitrogens with zero attached hydrogens (tertiary/aromatic N) is 2. The first kappa shape index (κ1) is 16.2. The van der Waals surface area contributed by atoms with Gasteiger partial charge in [0.15, 0.2) is 0 Å². The van der Waals surface area contributed by atoms with Gasteiger partial charge in [-0.25, -0.2) is 0 Å². The molecule has 0 aliphatic carbocycles. The van der Waals surface area contributed by atoms with Gasteiger partial charge >= 0.3 is 0 Å². The van der Waals surface area contributed by atoms with Crippen LogP contribution in [0.25, 0.3) is 0 Å². The van der Waals surface area contributed by atoms with Crippen molar-refractivity contribution in [1.82, 2.24) is 15.1 Å². The standard InChI is InChI=1S/C14H18N4O.ClH/c1-11-9-17-18(10-11)7-6-16-14(19)13-4-2-12(8-15)3-5-13;/h2-5,9-10H,6-8,15H2,1H3,(H,16,19);1H. The van der Waals surface area contributed by atoms with E-state index in [1.54, 1.807) is 18.3 Å². The van der Waals surface area contributed by atoms with E-state index in [9.17, 15) is 4.79 Å². The van der Waals surface area contributed by atoms with E-state index in [-0.39, 0.29) is 18.3 Å². The molecule has 0 atom stereocenters. The predicted octanol–water partition coefficient (Wildman–Crippen LogP) is 1.50. The molecule has 1 amide bonds. The van der Waals surface area contributed by atoms with E-state index in [0.29, 0.717) is 25.2 Å². The quantitative estimate of drug-likeness (QED) is 0.878. The number of amides is 1. The normalized spacial score (nSPS) is 9.90. The predicted molar refractivity (Wildman–Crippen MR) is 80.9 cm³/mol. The van der Waals surface area contributed by atoms with Gasteiger partial charge in [-0.2, -0.15) is 5.10 Å². The van der Waals surface area contributed by atoms with Gasteiger partial charge in [-0.3, -0.25) is 9.48 Å². The van der Waals surface area contributed by atoms with E-state index in [1.807, 2.05) is 29.9 Å². The molecule has 0 fully saturated rings. The molecule has 20 heavy (non-hydrogen) atoms. The summed E-state index contributed by atoms with van der Waals surface area (Å²) in [6, 6.07) is 7.31. The van der Waals surface area contributed by atoms with Crippen molar-refractivity contribution in [3.63, 3.8) is 0 Å². The number of carbonyl (C=O) groups excluding carboxylic acids is 1. The van der Waals surface area contributed by atoms with Gasteiger partial charge in [0.1, 0.15) is 0 Å². The second kappa shape index (κ2) is 7.67. The highest BCUT2D eigenvalue weighted by Gasteiger charge is 2.04. The Morgan fingerprint density at radius 1 is 1.35 bits per heavy atom. The van der Waals surface area contributed by atoms with Crippen molar-refractivity contribution in [2.24, 2.45) is 5.73 Å². The fraction of sp³-hybridized carbons (Fsp3) is 0.286. The highest BCUT2D eigenvalue weighted by molar-refractivity contribution is 5.94. The van der Waals surface area contributed by atoms with Crippen LogP contribution in [0.3, 0.4) is 0 Å². The highest BCUT2D eigenvalue weighted by atomic mass is 35.5. The zero-order valence-corrected chi connectivity index (χ0v) is 12.2. The van der Waals surface area contributed by atoms with E-state index >= 15 is 0 Å². The van der Waals surface area contributed by atoms with E-state index in [0.717, 1.165) is 11.1 Å². The minimum atomic E-state index is -0.0764. The number of carbonyl (C=O) groups is 1. The van der Waals surface area contributed by atoms with Gasteiger partial charge in [0, 0.05) is 24.8 Å². The number of nitrogens with two attached hydrogens (primary N) is 1. The summed E-state index contributed by atoms with van der Waals surface area (Å²) >= 11 is 0. The number of hydrogen-bond acceptors (Lipinski definition) is 3. The Labute approximate surface area is 124 Å². The van der Waals surface area contributed by atoms with Crippen LogP contribution < -0.4 is 11.1 Å². The number of aromatic nitrogens is 2. The van der Waals surface area contributed by atoms with Crippen LogP contribution in [0, 0.1) is 6.92 Å². The fourth-order valence-corrected chi connectivity index (χ4v) is 1.77. The SMILES string of the molecule is Cc1cnn(CCNC(=O)c2ccc(CN)cc2)c1.Cl. The van der Waals surface area contributed by atoms with Crippen molar-refractivity contribution < 1.29 is 4.79 Å². The van der Waals surface area contributed by atoms with Crippen molar-refractivity contribution in [3.05, 3.63) is 53.3 Å². The maximum Gasteiger partial charge on any atom is 0.251 e. The average molecular weight is 295 g/mol. The molecule has 6 heteroatoms. The van der Waals surface area contributed by atoms with Crippen LogP contribution in [0.4, 0.5) is 0 Å². The second-order valence-electron chi connectivity index (χ2n) is 4.44. The van der Waals surface area contributed by atoms with Crippen molar-refractivity contribution >= 4 is 18.3 Å². The zero-order chi connectivity index (χ0) is 13.7. The summed E-state index contributed by atoms with van der Waals surface area (Å²) in [6.45, 7) is 3.70. The molecule has 3 N–H and O–H groups in total. The third kappa shape index (κ3) is 4.36. The molecular weight excluding hydrogens is 276 g/mol. The van der Waals surface area contributed by atoms with Gasteiger partial charge in [0.2, 0.25) is 0 Å². The maximum absolute atomic E-state index is 11.9. The van der Waals surface area contributed by atoms with Crippen molar-refractivity contribution in [1.29, 1.82) is 0 Å². The number of nitrogens with one attached hydrogen (secondary N) is 1. The molecule has 0 unspecified atom stereocenters. The largest absolute Gasteiger partial charge is 0.350 e. The lowest BCUT2D eigenvalue weighted by atomic mass is 10.1. The summed E-state index contributed by atoms with van der Waals surface area (Å²) in [4.78, 5) is 11.9. The molecule has 0 aliphatic heterocycles. The van der Waals surface area contributed by atoms with Gasteiger partial charge in [-0.15, -0.1) is 12.4 Å². The average Bonchev–Trinajstić information content (AvgIpc) is 2.84. The monoisotopic (exact) mass is 294 g/mol. The Balaban J connectivity index is 0.00000200. The Kier molecular flexibility index (Phi) is 6.21. The van der Waals surface area contributed by atoms with E-state index < -0.39 is 0 Å². The van der Waals surface area contributed by atoms with Crippen LogP contribution in [-0.2, 0) is 13.1 Å². The molecule has 1 aromatic carbocycles. The number of benzene rings is 1. The van der Waals surface area contributed by atoms with Crippen molar-refractivity contribution in [2.75, 3.05) is 6.54 Å². The summed E-state index contributed by atoms with van der Waals surface area (Å²) in [5.74, 6) is -0.0764. The molecule has 0 aliphatic rings.